The molecule has 0 atom stereocenters. The van der Waals surface area contributed by atoms with Gasteiger partial charge in [-0.2, -0.15) is 0 Å². The van der Waals surface area contributed by atoms with Gasteiger partial charge in [-0.05, 0) is 53.5 Å². The lowest BCUT2D eigenvalue weighted by molar-refractivity contribution is 0.669. The molecule has 0 amide bonds. The van der Waals surface area contributed by atoms with E-state index in [0.29, 0.717) is 28.2 Å². The van der Waals surface area contributed by atoms with Gasteiger partial charge in [-0.1, -0.05) is 127 Å². The van der Waals surface area contributed by atoms with Gasteiger partial charge in [0.2, 0.25) is 0 Å². The molecule has 0 aliphatic rings. The molecule has 0 saturated carbocycles. The van der Waals surface area contributed by atoms with Crippen LogP contribution in [-0.2, 0) is 0 Å². The normalized spacial score (nSPS) is 13.6. The predicted octanol–water partition coefficient (Wildman–Crippen LogP) is 11.5. The SMILES string of the molecule is [2H]c1c([2H])c([2H])c2c(c1[2H])c1c([2H])c([2H])c([2H])c(-c3nc(-c4ccccc4)nc(-c4ccc5c(c4)oc4cccc(-c6ccccc6)c45)n3)c1n2-c1ccccc1. The smallest absolute Gasteiger partial charge is 0.166 e. The average molecular weight is 648 g/mol. The molecule has 0 aliphatic carbocycles. The first kappa shape index (κ1) is 21.9. The van der Waals surface area contributed by atoms with Crippen LogP contribution in [0.15, 0.2) is 174 Å². The summed E-state index contributed by atoms with van der Waals surface area (Å²) in [5, 5.41) is 2.06. The van der Waals surface area contributed by atoms with Crippen LogP contribution in [0.5, 0.6) is 0 Å². The van der Waals surface area contributed by atoms with Gasteiger partial charge in [0.25, 0.3) is 0 Å². The lowest BCUT2D eigenvalue weighted by atomic mass is 9.99. The van der Waals surface area contributed by atoms with E-state index in [9.17, 15) is 1.37 Å². The Hall–Kier alpha value is -6.85. The van der Waals surface area contributed by atoms with Gasteiger partial charge in [-0.3, -0.25) is 0 Å². The quantitative estimate of drug-likeness (QED) is 0.186. The molecule has 50 heavy (non-hydrogen) atoms. The van der Waals surface area contributed by atoms with E-state index in [2.05, 4.69) is 18.2 Å². The van der Waals surface area contributed by atoms with Crippen molar-refractivity contribution in [3.63, 3.8) is 0 Å². The summed E-state index contributed by atoms with van der Waals surface area (Å²) in [5.41, 5.74) is 5.69. The third-order valence-electron chi connectivity index (χ3n) is 8.96. The summed E-state index contributed by atoms with van der Waals surface area (Å²) in [5.74, 6) is 0.603. The second-order valence-corrected chi connectivity index (χ2v) is 11.9. The molecule has 10 aromatic rings. The molecule has 0 bridgehead atoms. The van der Waals surface area contributed by atoms with Gasteiger partial charge in [0, 0.05) is 43.9 Å². The van der Waals surface area contributed by atoms with Crippen LogP contribution in [0.3, 0.4) is 0 Å². The van der Waals surface area contributed by atoms with Crippen molar-refractivity contribution in [3.05, 3.63) is 170 Å². The Kier molecular flexibility index (Phi) is 4.99. The molecule has 10 rings (SSSR count). The van der Waals surface area contributed by atoms with E-state index in [1.165, 1.54) is 0 Å². The van der Waals surface area contributed by atoms with Crippen molar-refractivity contribution >= 4 is 43.7 Å². The van der Waals surface area contributed by atoms with Crippen molar-refractivity contribution in [2.24, 2.45) is 0 Å². The fourth-order valence-corrected chi connectivity index (χ4v) is 6.72. The van der Waals surface area contributed by atoms with Crippen LogP contribution in [-0.4, -0.2) is 19.5 Å². The van der Waals surface area contributed by atoms with Gasteiger partial charge in [-0.25, -0.2) is 15.0 Å². The summed E-state index contributed by atoms with van der Waals surface area (Å²) < 4.78 is 70.8. The topological polar surface area (TPSA) is 56.7 Å². The number of nitrogens with zero attached hydrogens (tertiary/aromatic N) is 4. The molecule has 234 valence electrons. The largest absolute Gasteiger partial charge is 0.456 e. The first-order valence-corrected chi connectivity index (χ1v) is 16.1. The number of hydrogen-bond acceptors (Lipinski definition) is 4. The van der Waals surface area contributed by atoms with Crippen LogP contribution < -0.4 is 0 Å². The summed E-state index contributed by atoms with van der Waals surface area (Å²) in [6.45, 7) is 0. The Labute approximate surface area is 297 Å². The van der Waals surface area contributed by atoms with Crippen LogP contribution in [0.2, 0.25) is 0 Å². The molecule has 0 aliphatic heterocycles. The lowest BCUT2D eigenvalue weighted by Gasteiger charge is -2.12. The number of fused-ring (bicyclic) bond motifs is 6. The number of benzene rings is 7. The number of hydrogen-bond donors (Lipinski definition) is 0. The molecule has 5 heteroatoms. The van der Waals surface area contributed by atoms with Crippen LogP contribution in [0.4, 0.5) is 0 Å². The molecule has 0 radical (unpaired) electrons. The highest BCUT2D eigenvalue weighted by atomic mass is 16.3. The molecular formula is C45H28N4O. The zero-order valence-corrected chi connectivity index (χ0v) is 26.3. The van der Waals surface area contributed by atoms with Gasteiger partial charge in [-0.15, -0.1) is 0 Å². The third kappa shape index (κ3) is 4.52. The van der Waals surface area contributed by atoms with Gasteiger partial charge in [0.1, 0.15) is 11.2 Å². The molecule has 0 fully saturated rings. The molecule has 0 saturated heterocycles. The van der Waals surface area contributed by atoms with E-state index in [-0.39, 0.29) is 63.2 Å². The molecule has 3 aromatic heterocycles. The summed E-state index contributed by atoms with van der Waals surface area (Å²) in [7, 11) is 0. The van der Waals surface area contributed by atoms with Gasteiger partial charge in [0.15, 0.2) is 17.5 Å². The summed E-state index contributed by atoms with van der Waals surface area (Å²) in [6.07, 6.45) is 0. The lowest BCUT2D eigenvalue weighted by Crippen LogP contribution is -2.02. The summed E-state index contributed by atoms with van der Waals surface area (Å²) in [4.78, 5) is 14.8. The van der Waals surface area contributed by atoms with E-state index < -0.39 is 18.1 Å². The van der Waals surface area contributed by atoms with Gasteiger partial charge < -0.3 is 8.98 Å². The zero-order valence-electron chi connectivity index (χ0n) is 33.3. The van der Waals surface area contributed by atoms with E-state index in [0.717, 1.165) is 27.5 Å². The van der Waals surface area contributed by atoms with Crippen molar-refractivity contribution in [2.45, 2.75) is 0 Å². The summed E-state index contributed by atoms with van der Waals surface area (Å²) in [6, 6.07) is 37.5. The maximum absolute atomic E-state index is 9.39. The number of para-hydroxylation sites is 3. The fourth-order valence-electron chi connectivity index (χ4n) is 6.72. The highest BCUT2D eigenvalue weighted by Crippen LogP contribution is 2.40. The highest BCUT2D eigenvalue weighted by Gasteiger charge is 2.21. The number of rotatable bonds is 5. The van der Waals surface area contributed by atoms with E-state index >= 15 is 0 Å². The van der Waals surface area contributed by atoms with Crippen LogP contribution in [0, 0.1) is 0 Å². The molecule has 3 heterocycles. The van der Waals surface area contributed by atoms with E-state index in [1.54, 1.807) is 28.8 Å². The third-order valence-corrected chi connectivity index (χ3v) is 8.96. The first-order chi connectivity index (χ1) is 27.7. The Morgan fingerprint density at radius 3 is 1.96 bits per heavy atom. The molecule has 0 unspecified atom stereocenters. The van der Waals surface area contributed by atoms with Crippen molar-refractivity contribution < 1.29 is 14.0 Å². The van der Waals surface area contributed by atoms with Crippen molar-refractivity contribution in [1.29, 1.82) is 0 Å². The zero-order chi connectivity index (χ0) is 39.1. The van der Waals surface area contributed by atoms with Crippen molar-refractivity contribution in [3.8, 4) is 51.0 Å². The minimum atomic E-state index is -0.465. The van der Waals surface area contributed by atoms with Gasteiger partial charge in [0.05, 0.1) is 20.6 Å². The van der Waals surface area contributed by atoms with E-state index in [1.807, 2.05) is 84.9 Å². The second-order valence-electron chi connectivity index (χ2n) is 11.9. The predicted molar refractivity (Wildman–Crippen MR) is 203 cm³/mol. The Morgan fingerprint density at radius 2 is 1.16 bits per heavy atom. The van der Waals surface area contributed by atoms with Crippen molar-refractivity contribution in [2.75, 3.05) is 0 Å². The minimum Gasteiger partial charge on any atom is -0.456 e. The minimum absolute atomic E-state index is 0.0358. The maximum Gasteiger partial charge on any atom is 0.166 e. The Bertz CT molecular complexity index is 3260. The first-order valence-electron chi connectivity index (χ1n) is 19.6. The molecule has 7 aromatic carbocycles. The van der Waals surface area contributed by atoms with E-state index in [4.69, 9.17) is 27.6 Å². The average Bonchev–Trinajstić information content (AvgIpc) is 3.81. The number of aromatic nitrogens is 4. The second kappa shape index (κ2) is 11.4. The van der Waals surface area contributed by atoms with Crippen molar-refractivity contribution in [1.82, 2.24) is 19.5 Å². The Balaban J connectivity index is 1.29. The van der Waals surface area contributed by atoms with Crippen LogP contribution in [0.25, 0.3) is 94.7 Å². The summed E-state index contributed by atoms with van der Waals surface area (Å²) >= 11 is 0. The number of furan rings is 1. The fraction of sp³-hybridized carbons (Fsp3) is 0. The molecule has 5 nitrogen and oxygen atoms in total. The Morgan fingerprint density at radius 1 is 0.480 bits per heavy atom. The monoisotopic (exact) mass is 647 g/mol. The molecular weight excluding hydrogens is 613 g/mol. The highest BCUT2D eigenvalue weighted by molar-refractivity contribution is 6.14. The van der Waals surface area contributed by atoms with Crippen LogP contribution in [0.1, 0.15) is 9.60 Å². The molecule has 0 spiro atoms. The van der Waals surface area contributed by atoms with Crippen LogP contribution >= 0.6 is 0 Å². The van der Waals surface area contributed by atoms with Gasteiger partial charge >= 0.3 is 0 Å². The standard InChI is InChI=1S/C45H28N4O/c1-4-14-29(15-5-1)33-21-13-25-39-41(33)36-27-26-31(28-40(36)50-39)44-46-43(30-16-6-2-7-17-30)47-45(48-44)37-23-12-22-35-34-20-10-11-24-38(34)49(42(35)37)32-18-8-3-9-19-32/h1-28H/i10D,11D,12D,20D,22D,23D,24D. The molecule has 0 N–H and O–H groups in total. The maximum atomic E-state index is 9.39.